The highest BCUT2D eigenvalue weighted by atomic mass is 79.9. The van der Waals surface area contributed by atoms with Crippen molar-refractivity contribution in [3.05, 3.63) is 11.8 Å². The van der Waals surface area contributed by atoms with Gasteiger partial charge in [-0.05, 0) is 13.8 Å². The number of ether oxygens (including phenoxy) is 1. The predicted molar refractivity (Wildman–Crippen MR) is 60.3 cm³/mol. The summed E-state index contributed by atoms with van der Waals surface area (Å²) in [6.45, 7) is 3.53. The van der Waals surface area contributed by atoms with Gasteiger partial charge in [-0.25, -0.2) is 4.98 Å². The highest BCUT2D eigenvalue weighted by Gasteiger charge is 2.11. The van der Waals surface area contributed by atoms with Crippen molar-refractivity contribution in [3.8, 4) is 5.88 Å². The van der Waals surface area contributed by atoms with Gasteiger partial charge in [-0.2, -0.15) is 4.98 Å². The fourth-order valence-corrected chi connectivity index (χ4v) is 1.02. The average Bonchev–Trinajstić information content (AvgIpc) is 2.16. The van der Waals surface area contributed by atoms with Gasteiger partial charge >= 0.3 is 0 Å². The largest absolute Gasteiger partial charge is 0.481 e. The lowest BCUT2D eigenvalue weighted by molar-refractivity contribution is -0.115. The number of nitrogens with one attached hydrogen (secondary N) is 1. The Bertz CT molecular complexity index is 368. The van der Waals surface area contributed by atoms with Gasteiger partial charge in [0.2, 0.25) is 17.7 Å². The number of rotatable bonds is 3. The van der Waals surface area contributed by atoms with Gasteiger partial charge in [-0.1, -0.05) is 15.9 Å². The van der Waals surface area contributed by atoms with Crippen LogP contribution in [-0.2, 0) is 4.79 Å². The van der Waals surface area contributed by atoms with Crippen LogP contribution in [0.2, 0.25) is 0 Å². The summed E-state index contributed by atoms with van der Waals surface area (Å²) in [6.07, 6.45) is 0. The van der Waals surface area contributed by atoms with E-state index in [1.807, 2.05) is 0 Å². The minimum absolute atomic E-state index is 0.192. The van der Waals surface area contributed by atoms with Crippen molar-refractivity contribution in [2.75, 3.05) is 12.4 Å². The third kappa shape index (κ3) is 3.47. The Labute approximate surface area is 96.4 Å². The lowest BCUT2D eigenvalue weighted by atomic mass is 10.4. The third-order valence-electron chi connectivity index (χ3n) is 1.64. The quantitative estimate of drug-likeness (QED) is 0.849. The van der Waals surface area contributed by atoms with E-state index < -0.39 is 0 Å². The molecule has 6 heteroatoms. The van der Waals surface area contributed by atoms with Crippen LogP contribution in [0.3, 0.4) is 0 Å². The molecule has 5 nitrogen and oxygen atoms in total. The number of hydrogen-bond acceptors (Lipinski definition) is 4. The highest BCUT2D eigenvalue weighted by molar-refractivity contribution is 9.10. The Kier molecular flexibility index (Phi) is 4.02. The minimum atomic E-state index is -0.285. The molecule has 0 saturated heterocycles. The van der Waals surface area contributed by atoms with Crippen LogP contribution in [0.1, 0.15) is 12.6 Å². The molecule has 82 valence electrons. The Balaban J connectivity index is 2.85. The summed E-state index contributed by atoms with van der Waals surface area (Å²) >= 11 is 3.15. The molecule has 1 rings (SSSR count). The third-order valence-corrected chi connectivity index (χ3v) is 2.05. The molecular weight excluding hydrogens is 262 g/mol. The molecule has 1 atom stereocenters. The summed E-state index contributed by atoms with van der Waals surface area (Å²) in [4.78, 5) is 19.1. The molecular formula is C9H12BrN3O2. The van der Waals surface area contributed by atoms with Crippen LogP contribution in [0.5, 0.6) is 5.88 Å². The number of alkyl halides is 1. The summed E-state index contributed by atoms with van der Waals surface area (Å²) in [7, 11) is 1.51. The number of nitrogens with zero attached hydrogens (tertiary/aromatic N) is 2. The van der Waals surface area contributed by atoms with Crippen LogP contribution in [0, 0.1) is 6.92 Å². The standard InChI is InChI=1S/C9H12BrN3O2/c1-5-4-7(15-3)12-9(11-5)13-8(14)6(2)10/h4,6H,1-3H3,(H,11,12,13,14). The van der Waals surface area contributed by atoms with Gasteiger partial charge in [0.1, 0.15) is 0 Å². The maximum absolute atomic E-state index is 11.3. The molecule has 1 heterocycles. The number of carbonyl (C=O) groups is 1. The number of anilines is 1. The molecule has 1 unspecified atom stereocenters. The smallest absolute Gasteiger partial charge is 0.240 e. The molecule has 15 heavy (non-hydrogen) atoms. The van der Waals surface area contributed by atoms with E-state index in [0.717, 1.165) is 5.69 Å². The molecule has 0 aromatic carbocycles. The van der Waals surface area contributed by atoms with Crippen molar-refractivity contribution in [2.24, 2.45) is 0 Å². The van der Waals surface area contributed by atoms with Gasteiger partial charge in [0.25, 0.3) is 0 Å². The maximum atomic E-state index is 11.3. The number of carbonyl (C=O) groups excluding carboxylic acids is 1. The first kappa shape index (κ1) is 11.9. The Morgan fingerprint density at radius 1 is 1.60 bits per heavy atom. The number of amides is 1. The summed E-state index contributed by atoms with van der Waals surface area (Å²) in [5, 5.41) is 2.57. The molecule has 0 bridgehead atoms. The Hall–Kier alpha value is -1.17. The second-order valence-electron chi connectivity index (χ2n) is 2.98. The topological polar surface area (TPSA) is 64.1 Å². The van der Waals surface area contributed by atoms with Gasteiger partial charge in [0, 0.05) is 11.8 Å². The van der Waals surface area contributed by atoms with Gasteiger partial charge in [-0.3, -0.25) is 10.1 Å². The van der Waals surface area contributed by atoms with Gasteiger partial charge in [0.05, 0.1) is 11.9 Å². The van der Waals surface area contributed by atoms with E-state index in [4.69, 9.17) is 4.74 Å². The molecule has 0 aliphatic heterocycles. The van der Waals surface area contributed by atoms with Crippen LogP contribution >= 0.6 is 15.9 Å². The molecule has 0 aliphatic carbocycles. The average molecular weight is 274 g/mol. The predicted octanol–water partition coefficient (Wildman–Crippen LogP) is 1.52. The lowest BCUT2D eigenvalue weighted by Gasteiger charge is -2.07. The molecule has 0 radical (unpaired) electrons. The van der Waals surface area contributed by atoms with Gasteiger partial charge in [-0.15, -0.1) is 0 Å². The van der Waals surface area contributed by atoms with Crippen LogP contribution in [0.4, 0.5) is 5.95 Å². The first-order chi connectivity index (χ1) is 7.02. The lowest BCUT2D eigenvalue weighted by Crippen LogP contribution is -2.21. The summed E-state index contributed by atoms with van der Waals surface area (Å²) in [5.41, 5.74) is 0.736. The van der Waals surface area contributed by atoms with Gasteiger partial charge < -0.3 is 4.74 Å². The summed E-state index contributed by atoms with van der Waals surface area (Å²) in [5.74, 6) is 0.492. The zero-order valence-corrected chi connectivity index (χ0v) is 10.3. The molecule has 0 spiro atoms. The number of aromatic nitrogens is 2. The van der Waals surface area contributed by atoms with Crippen LogP contribution in [0.25, 0.3) is 0 Å². The van der Waals surface area contributed by atoms with E-state index in [-0.39, 0.29) is 16.7 Å². The van der Waals surface area contributed by atoms with Crippen molar-refractivity contribution in [2.45, 2.75) is 18.7 Å². The monoisotopic (exact) mass is 273 g/mol. The van der Waals surface area contributed by atoms with Crippen molar-refractivity contribution >= 4 is 27.8 Å². The first-order valence-corrected chi connectivity index (χ1v) is 5.29. The van der Waals surface area contributed by atoms with E-state index in [0.29, 0.717) is 5.88 Å². The van der Waals surface area contributed by atoms with E-state index in [1.165, 1.54) is 7.11 Å². The molecule has 1 aromatic heterocycles. The zero-order chi connectivity index (χ0) is 11.4. The highest BCUT2D eigenvalue weighted by Crippen LogP contribution is 2.12. The first-order valence-electron chi connectivity index (χ1n) is 4.37. The van der Waals surface area contributed by atoms with E-state index in [2.05, 4.69) is 31.2 Å². The van der Waals surface area contributed by atoms with Crippen molar-refractivity contribution in [1.82, 2.24) is 9.97 Å². The SMILES string of the molecule is COc1cc(C)nc(NC(=O)C(C)Br)n1. The Morgan fingerprint density at radius 3 is 2.80 bits per heavy atom. The summed E-state index contributed by atoms with van der Waals surface area (Å²) in [6, 6.07) is 1.69. The number of halogens is 1. The van der Waals surface area contributed by atoms with E-state index >= 15 is 0 Å². The molecule has 0 fully saturated rings. The minimum Gasteiger partial charge on any atom is -0.481 e. The number of methoxy groups -OCH3 is 1. The fourth-order valence-electron chi connectivity index (χ4n) is 0.910. The Morgan fingerprint density at radius 2 is 2.27 bits per heavy atom. The zero-order valence-electron chi connectivity index (χ0n) is 8.74. The number of hydrogen-bond donors (Lipinski definition) is 1. The molecule has 0 saturated carbocycles. The summed E-state index contributed by atoms with van der Waals surface area (Å²) < 4.78 is 4.96. The van der Waals surface area contributed by atoms with Crippen molar-refractivity contribution in [1.29, 1.82) is 0 Å². The maximum Gasteiger partial charge on any atom is 0.240 e. The van der Waals surface area contributed by atoms with E-state index in [9.17, 15) is 4.79 Å². The second kappa shape index (κ2) is 5.06. The fraction of sp³-hybridized carbons (Fsp3) is 0.444. The van der Waals surface area contributed by atoms with E-state index in [1.54, 1.807) is 19.9 Å². The van der Waals surface area contributed by atoms with Crippen LogP contribution in [0.15, 0.2) is 6.07 Å². The molecule has 1 amide bonds. The van der Waals surface area contributed by atoms with Crippen molar-refractivity contribution < 1.29 is 9.53 Å². The molecule has 0 aliphatic rings. The normalized spacial score (nSPS) is 12.0. The molecule has 1 N–H and O–H groups in total. The van der Waals surface area contributed by atoms with Crippen LogP contribution < -0.4 is 10.1 Å². The van der Waals surface area contributed by atoms with Crippen molar-refractivity contribution in [3.63, 3.8) is 0 Å². The van der Waals surface area contributed by atoms with Gasteiger partial charge in [0.15, 0.2) is 0 Å². The van der Waals surface area contributed by atoms with Crippen LogP contribution in [-0.4, -0.2) is 27.8 Å². The number of aryl methyl sites for hydroxylation is 1. The second-order valence-corrected chi connectivity index (χ2v) is 4.35. The molecule has 1 aromatic rings.